The zero-order valence-corrected chi connectivity index (χ0v) is 24.3. The largest absolute Gasteiger partial charge is 0.454 e. The van der Waals surface area contributed by atoms with Crippen LogP contribution in [0.2, 0.25) is 5.15 Å². The van der Waals surface area contributed by atoms with E-state index in [0.717, 1.165) is 87.1 Å². The van der Waals surface area contributed by atoms with Crippen LogP contribution in [0.4, 0.5) is 5.82 Å². The molecule has 3 aliphatic rings. The van der Waals surface area contributed by atoms with Crippen molar-refractivity contribution in [2.24, 2.45) is 5.92 Å². The summed E-state index contributed by atoms with van der Waals surface area (Å²) in [5.74, 6) is 3.98. The maximum absolute atomic E-state index is 13.0. The van der Waals surface area contributed by atoms with E-state index in [4.69, 9.17) is 26.1 Å². The van der Waals surface area contributed by atoms with E-state index < -0.39 is 0 Å². The van der Waals surface area contributed by atoms with E-state index in [0.29, 0.717) is 28.8 Å². The Labute approximate surface area is 244 Å². The molecule has 3 aromatic rings. The van der Waals surface area contributed by atoms with Crippen LogP contribution < -0.4 is 14.4 Å². The highest BCUT2D eigenvalue weighted by atomic mass is 35.5. The lowest BCUT2D eigenvalue weighted by atomic mass is 9.98. The van der Waals surface area contributed by atoms with Crippen molar-refractivity contribution in [3.63, 3.8) is 0 Å². The van der Waals surface area contributed by atoms with Gasteiger partial charge in [-0.15, -0.1) is 0 Å². The molecule has 8 nitrogen and oxygen atoms in total. The number of benzene rings is 2. The minimum Gasteiger partial charge on any atom is -0.454 e. The number of piperidine rings is 1. The van der Waals surface area contributed by atoms with E-state index in [9.17, 15) is 4.79 Å². The first kappa shape index (κ1) is 27.2. The average Bonchev–Trinajstić information content (AvgIpc) is 3.44. The molecule has 10 heteroatoms. The van der Waals surface area contributed by atoms with Gasteiger partial charge in [-0.05, 0) is 54.2 Å². The minimum atomic E-state index is 0.123. The second-order valence-electron chi connectivity index (χ2n) is 10.7. The van der Waals surface area contributed by atoms with Crippen molar-refractivity contribution in [3.05, 3.63) is 70.4 Å². The highest BCUT2D eigenvalue weighted by Crippen LogP contribution is 2.33. The van der Waals surface area contributed by atoms with E-state index in [1.165, 1.54) is 5.56 Å². The second kappa shape index (κ2) is 12.2. The maximum atomic E-state index is 13.0. The molecular formula is C30H34ClN5O3S. The lowest BCUT2D eigenvalue weighted by Gasteiger charge is -2.35. The number of anilines is 1. The zero-order valence-electron chi connectivity index (χ0n) is 22.7. The summed E-state index contributed by atoms with van der Waals surface area (Å²) in [4.78, 5) is 29.0. The summed E-state index contributed by atoms with van der Waals surface area (Å²) in [5, 5.41) is 1.09. The number of nitrogens with zero attached hydrogens (tertiary/aromatic N) is 5. The average molecular weight is 580 g/mol. The molecule has 0 N–H and O–H groups in total. The quantitative estimate of drug-likeness (QED) is 0.211. The number of rotatable bonds is 7. The van der Waals surface area contributed by atoms with Gasteiger partial charge in [0.05, 0.1) is 0 Å². The van der Waals surface area contributed by atoms with Gasteiger partial charge in [-0.3, -0.25) is 9.69 Å². The molecule has 0 bridgehead atoms. The Hall–Kier alpha value is -3.01. The van der Waals surface area contributed by atoms with Crippen LogP contribution in [0.25, 0.3) is 0 Å². The second-order valence-corrected chi connectivity index (χ2v) is 12.1. The van der Waals surface area contributed by atoms with Crippen molar-refractivity contribution in [1.82, 2.24) is 19.8 Å². The molecule has 0 radical (unpaired) electrons. The van der Waals surface area contributed by atoms with Crippen LogP contribution >= 0.6 is 23.4 Å². The van der Waals surface area contributed by atoms with E-state index in [1.807, 2.05) is 41.3 Å². The number of ether oxygens (including phenoxy) is 2. The predicted molar refractivity (Wildman–Crippen MR) is 157 cm³/mol. The normalized spacial score (nSPS) is 17.9. The zero-order chi connectivity index (χ0) is 27.5. The molecule has 210 valence electrons. The van der Waals surface area contributed by atoms with Gasteiger partial charge in [0.2, 0.25) is 6.79 Å². The molecule has 0 saturated carbocycles. The Morgan fingerprint density at radius 3 is 2.58 bits per heavy atom. The lowest BCUT2D eigenvalue weighted by Crippen LogP contribution is -2.46. The molecule has 1 aromatic heterocycles. The van der Waals surface area contributed by atoms with Gasteiger partial charge >= 0.3 is 0 Å². The third-order valence-electron chi connectivity index (χ3n) is 7.81. The third kappa shape index (κ3) is 6.48. The molecule has 0 aliphatic carbocycles. The molecule has 6 rings (SSSR count). The molecule has 4 heterocycles. The predicted octanol–water partition coefficient (Wildman–Crippen LogP) is 5.35. The summed E-state index contributed by atoms with van der Waals surface area (Å²) in [6.45, 7) is 8.67. The van der Waals surface area contributed by atoms with Gasteiger partial charge < -0.3 is 19.3 Å². The summed E-state index contributed by atoms with van der Waals surface area (Å²) < 4.78 is 10.9. The number of hydrogen-bond donors (Lipinski definition) is 0. The van der Waals surface area contributed by atoms with Crippen LogP contribution in [0.5, 0.6) is 11.5 Å². The topological polar surface area (TPSA) is 71.0 Å². The van der Waals surface area contributed by atoms with Crippen molar-refractivity contribution in [2.75, 3.05) is 51.0 Å². The van der Waals surface area contributed by atoms with Gasteiger partial charge in [0.25, 0.3) is 5.91 Å². The minimum absolute atomic E-state index is 0.123. The molecule has 40 heavy (non-hydrogen) atoms. The number of fused-ring (bicyclic) bond motifs is 1. The van der Waals surface area contributed by atoms with Gasteiger partial charge in [0.1, 0.15) is 11.0 Å². The molecule has 0 unspecified atom stereocenters. The highest BCUT2D eigenvalue weighted by Gasteiger charge is 2.23. The monoisotopic (exact) mass is 579 g/mol. The molecular weight excluding hydrogens is 546 g/mol. The lowest BCUT2D eigenvalue weighted by molar-refractivity contribution is 0.0697. The van der Waals surface area contributed by atoms with Crippen LogP contribution in [0.3, 0.4) is 0 Å². The smallest absolute Gasteiger partial charge is 0.253 e. The summed E-state index contributed by atoms with van der Waals surface area (Å²) in [6.07, 6.45) is 2.15. The molecule has 0 spiro atoms. The molecule has 1 amide bonds. The molecule has 2 aromatic carbocycles. The summed E-state index contributed by atoms with van der Waals surface area (Å²) >= 11 is 7.97. The van der Waals surface area contributed by atoms with E-state index in [-0.39, 0.29) is 5.91 Å². The number of hydrogen-bond acceptors (Lipinski definition) is 8. The molecule has 3 aliphatic heterocycles. The van der Waals surface area contributed by atoms with E-state index >= 15 is 0 Å². The maximum Gasteiger partial charge on any atom is 0.253 e. The Kier molecular flexibility index (Phi) is 8.32. The Morgan fingerprint density at radius 1 is 0.950 bits per heavy atom. The van der Waals surface area contributed by atoms with Gasteiger partial charge in [-0.2, -0.15) is 0 Å². The fraction of sp³-hybridized carbons (Fsp3) is 0.433. The van der Waals surface area contributed by atoms with Gasteiger partial charge in [-0.25, -0.2) is 9.97 Å². The standard InChI is InChI=1S/C30H34ClN5O3S/c1-21-7-9-36(10-8-21)29(37)24-4-2-3-23(15-24)19-40-30-32-27(31)17-28(33-30)35-13-11-34(12-14-35)18-22-5-6-25-26(16-22)39-20-38-25/h2-6,15-17,21H,7-14,18-20H2,1H3. The van der Waals surface area contributed by atoms with Gasteiger partial charge in [-0.1, -0.05) is 48.5 Å². The van der Waals surface area contributed by atoms with Crippen molar-refractivity contribution in [2.45, 2.75) is 37.2 Å². The number of likely N-dealkylation sites (tertiary alicyclic amines) is 1. The number of aromatic nitrogens is 2. The molecule has 2 fully saturated rings. The van der Waals surface area contributed by atoms with Crippen LogP contribution in [-0.4, -0.2) is 71.7 Å². The van der Waals surface area contributed by atoms with Crippen LogP contribution in [0.15, 0.2) is 53.7 Å². The number of carbonyl (C=O) groups excluding carboxylic acids is 1. The summed E-state index contributed by atoms with van der Waals surface area (Å²) in [5.41, 5.74) is 3.04. The SMILES string of the molecule is CC1CCN(C(=O)c2cccc(CSc3nc(Cl)cc(N4CCN(Cc5ccc6c(c5)OCO6)CC4)n3)c2)CC1. The van der Waals surface area contributed by atoms with Crippen LogP contribution in [0.1, 0.15) is 41.3 Å². The Bertz CT molecular complexity index is 1360. The first-order valence-corrected chi connectivity index (χ1v) is 15.3. The van der Waals surface area contributed by atoms with Crippen molar-refractivity contribution < 1.29 is 14.3 Å². The van der Waals surface area contributed by atoms with Crippen molar-refractivity contribution in [1.29, 1.82) is 0 Å². The first-order valence-electron chi connectivity index (χ1n) is 13.9. The van der Waals surface area contributed by atoms with Gasteiger partial charge in [0.15, 0.2) is 16.7 Å². The van der Waals surface area contributed by atoms with E-state index in [1.54, 1.807) is 11.8 Å². The van der Waals surface area contributed by atoms with Crippen molar-refractivity contribution in [3.8, 4) is 11.5 Å². The van der Waals surface area contributed by atoms with E-state index in [2.05, 4.69) is 33.8 Å². The summed E-state index contributed by atoms with van der Waals surface area (Å²) in [6, 6.07) is 15.9. The van der Waals surface area contributed by atoms with Crippen LogP contribution in [-0.2, 0) is 12.3 Å². The summed E-state index contributed by atoms with van der Waals surface area (Å²) in [7, 11) is 0. The van der Waals surface area contributed by atoms with Crippen molar-refractivity contribution >= 4 is 35.1 Å². The number of amides is 1. The Morgan fingerprint density at radius 2 is 1.75 bits per heavy atom. The highest BCUT2D eigenvalue weighted by molar-refractivity contribution is 7.98. The first-order chi connectivity index (χ1) is 19.5. The van der Waals surface area contributed by atoms with Gasteiger partial charge in [0, 0.05) is 63.2 Å². The number of halogens is 1. The fourth-order valence-electron chi connectivity index (χ4n) is 5.38. The fourth-order valence-corrected chi connectivity index (χ4v) is 6.40. The molecule has 0 atom stereocenters. The third-order valence-corrected chi connectivity index (χ3v) is 8.93. The van der Waals surface area contributed by atoms with Crippen LogP contribution in [0, 0.1) is 5.92 Å². The molecule has 2 saturated heterocycles. The number of carbonyl (C=O) groups is 1. The number of thioether (sulfide) groups is 1. The Balaban J connectivity index is 1.04. The number of piperazine rings is 1.